The molecule has 0 amide bonds. The summed E-state index contributed by atoms with van der Waals surface area (Å²) < 4.78 is 43.1. The Morgan fingerprint density at radius 2 is 1.96 bits per heavy atom. The normalized spacial score (nSPS) is 20.0. The molecule has 7 heteroatoms. The SMILES string of the molecule is CCCCc1ccc2c3c(ccc2c1)C(O)C(C(=O)C(F)(F)F)C(=O)O3. The van der Waals surface area contributed by atoms with E-state index in [0.717, 1.165) is 30.2 Å². The zero-order valence-electron chi connectivity index (χ0n) is 14.0. The lowest BCUT2D eigenvalue weighted by atomic mass is 9.87. The number of halogens is 3. The lowest BCUT2D eigenvalue weighted by molar-refractivity contribution is -0.184. The number of aliphatic hydroxyl groups excluding tert-OH is 1. The highest BCUT2D eigenvalue weighted by molar-refractivity contribution is 6.06. The number of aryl methyl sites for hydroxylation is 1. The molecule has 2 aromatic carbocycles. The molecule has 1 heterocycles. The number of ketones is 1. The molecule has 2 unspecified atom stereocenters. The Bertz CT molecular complexity index is 873. The number of rotatable bonds is 4. The lowest BCUT2D eigenvalue weighted by Gasteiger charge is -2.28. The van der Waals surface area contributed by atoms with Gasteiger partial charge in [-0.3, -0.25) is 9.59 Å². The maximum atomic E-state index is 12.7. The Balaban J connectivity index is 2.03. The van der Waals surface area contributed by atoms with Crippen LogP contribution in [0.4, 0.5) is 13.2 Å². The molecule has 0 radical (unpaired) electrons. The fourth-order valence-electron chi connectivity index (χ4n) is 3.15. The van der Waals surface area contributed by atoms with E-state index in [1.54, 1.807) is 12.1 Å². The minimum absolute atomic E-state index is 0.000934. The monoisotopic (exact) mass is 366 g/mol. The topological polar surface area (TPSA) is 63.6 Å². The number of carbonyl (C=O) groups excluding carboxylic acids is 2. The number of alkyl halides is 3. The number of unbranched alkanes of at least 4 members (excludes halogenated alkanes) is 1. The van der Waals surface area contributed by atoms with Crippen molar-refractivity contribution in [2.75, 3.05) is 0 Å². The molecule has 0 aromatic heterocycles. The molecule has 0 bridgehead atoms. The van der Waals surface area contributed by atoms with Crippen molar-refractivity contribution in [3.05, 3.63) is 41.5 Å². The minimum Gasteiger partial charge on any atom is -0.425 e. The number of carbonyl (C=O) groups is 2. The molecule has 1 aliphatic rings. The largest absolute Gasteiger partial charge is 0.451 e. The van der Waals surface area contributed by atoms with Crippen LogP contribution >= 0.6 is 0 Å². The first-order valence-electron chi connectivity index (χ1n) is 8.30. The number of esters is 1. The Morgan fingerprint density at radius 1 is 1.23 bits per heavy atom. The van der Waals surface area contributed by atoms with Gasteiger partial charge in [0.05, 0.1) is 0 Å². The number of hydrogen-bond acceptors (Lipinski definition) is 4. The molecule has 0 aliphatic carbocycles. The highest BCUT2D eigenvalue weighted by Crippen LogP contribution is 2.43. The van der Waals surface area contributed by atoms with E-state index in [1.807, 2.05) is 12.1 Å². The summed E-state index contributed by atoms with van der Waals surface area (Å²) in [5.41, 5.74) is 1.09. The number of ether oxygens (including phenoxy) is 1. The van der Waals surface area contributed by atoms with Crippen LogP contribution in [0.2, 0.25) is 0 Å². The van der Waals surface area contributed by atoms with Gasteiger partial charge in [-0.25, -0.2) is 0 Å². The third-order valence-corrected chi connectivity index (χ3v) is 4.54. The van der Waals surface area contributed by atoms with Crippen LogP contribution in [0.3, 0.4) is 0 Å². The van der Waals surface area contributed by atoms with Gasteiger partial charge in [-0.2, -0.15) is 13.2 Å². The summed E-state index contributed by atoms with van der Waals surface area (Å²) in [6, 6.07) is 8.52. The van der Waals surface area contributed by atoms with E-state index in [2.05, 4.69) is 6.92 Å². The summed E-state index contributed by atoms with van der Waals surface area (Å²) in [7, 11) is 0. The van der Waals surface area contributed by atoms with Crippen LogP contribution in [0.25, 0.3) is 10.8 Å². The average Bonchev–Trinajstić information content (AvgIpc) is 2.58. The third kappa shape index (κ3) is 3.19. The third-order valence-electron chi connectivity index (χ3n) is 4.54. The summed E-state index contributed by atoms with van der Waals surface area (Å²) in [4.78, 5) is 23.5. The molecule has 0 fully saturated rings. The van der Waals surface area contributed by atoms with E-state index in [1.165, 1.54) is 6.07 Å². The molecule has 2 aromatic rings. The van der Waals surface area contributed by atoms with Crippen molar-refractivity contribution in [2.24, 2.45) is 5.92 Å². The first kappa shape index (κ1) is 18.4. The minimum atomic E-state index is -5.23. The second-order valence-electron chi connectivity index (χ2n) is 6.35. The summed E-state index contributed by atoms with van der Waals surface area (Å²) in [5, 5.41) is 11.5. The molecule has 0 spiro atoms. The fourth-order valence-corrected chi connectivity index (χ4v) is 3.15. The van der Waals surface area contributed by atoms with Crippen LogP contribution in [0.5, 0.6) is 5.75 Å². The van der Waals surface area contributed by atoms with Gasteiger partial charge in [-0.05, 0) is 23.8 Å². The molecule has 1 aliphatic heterocycles. The standard InChI is InChI=1S/C19H17F3O4/c1-2-3-4-10-5-7-12-11(9-10)6-8-13-15(23)14(17(24)19(20,21)22)18(25)26-16(12)13/h5-9,14-15,23H,2-4H2,1H3. The van der Waals surface area contributed by atoms with Gasteiger partial charge >= 0.3 is 12.1 Å². The van der Waals surface area contributed by atoms with Gasteiger partial charge in [-0.15, -0.1) is 0 Å². The van der Waals surface area contributed by atoms with Crippen LogP contribution in [0.15, 0.2) is 30.3 Å². The number of benzene rings is 2. The number of Topliss-reactive ketones (excluding diaryl/α,β-unsaturated/α-hetero) is 1. The number of fused-ring (bicyclic) bond motifs is 3. The highest BCUT2D eigenvalue weighted by Gasteiger charge is 2.52. The molecule has 1 N–H and O–H groups in total. The van der Waals surface area contributed by atoms with E-state index >= 15 is 0 Å². The van der Waals surface area contributed by atoms with E-state index in [-0.39, 0.29) is 11.3 Å². The first-order chi connectivity index (χ1) is 12.2. The second-order valence-corrected chi connectivity index (χ2v) is 6.35. The average molecular weight is 366 g/mol. The molecule has 3 rings (SSSR count). The van der Waals surface area contributed by atoms with Gasteiger partial charge in [0, 0.05) is 10.9 Å². The van der Waals surface area contributed by atoms with Gasteiger partial charge in [0.25, 0.3) is 5.78 Å². The predicted molar refractivity (Wildman–Crippen MR) is 87.7 cm³/mol. The van der Waals surface area contributed by atoms with Crippen molar-refractivity contribution < 1.29 is 32.6 Å². The van der Waals surface area contributed by atoms with Gasteiger partial charge in [-0.1, -0.05) is 43.7 Å². The molecule has 0 saturated heterocycles. The smallest absolute Gasteiger partial charge is 0.425 e. The maximum absolute atomic E-state index is 12.7. The van der Waals surface area contributed by atoms with Crippen molar-refractivity contribution in [2.45, 2.75) is 38.5 Å². The summed E-state index contributed by atoms with van der Waals surface area (Å²) in [6.45, 7) is 2.08. The van der Waals surface area contributed by atoms with Crippen LogP contribution in [0, 0.1) is 5.92 Å². The van der Waals surface area contributed by atoms with E-state index in [0.29, 0.717) is 5.39 Å². The van der Waals surface area contributed by atoms with Gasteiger partial charge in [0.2, 0.25) is 0 Å². The molecule has 26 heavy (non-hydrogen) atoms. The Morgan fingerprint density at radius 3 is 2.62 bits per heavy atom. The number of hydrogen-bond donors (Lipinski definition) is 1. The Hall–Kier alpha value is -2.41. The molecular formula is C19H17F3O4. The Labute approximate surface area is 147 Å². The van der Waals surface area contributed by atoms with Crippen LogP contribution in [-0.4, -0.2) is 23.0 Å². The quantitative estimate of drug-likeness (QED) is 0.507. The van der Waals surface area contributed by atoms with E-state index in [9.17, 15) is 27.9 Å². The van der Waals surface area contributed by atoms with E-state index in [4.69, 9.17) is 4.74 Å². The van der Waals surface area contributed by atoms with Gasteiger partial charge < -0.3 is 9.84 Å². The van der Waals surface area contributed by atoms with Gasteiger partial charge in [0.15, 0.2) is 5.92 Å². The van der Waals surface area contributed by atoms with Crippen LogP contribution in [0.1, 0.15) is 37.0 Å². The first-order valence-corrected chi connectivity index (χ1v) is 8.30. The van der Waals surface area contributed by atoms with Crippen molar-refractivity contribution in [3.63, 3.8) is 0 Å². The van der Waals surface area contributed by atoms with Crippen molar-refractivity contribution in [1.82, 2.24) is 0 Å². The van der Waals surface area contributed by atoms with E-state index < -0.39 is 30.0 Å². The zero-order chi connectivity index (χ0) is 19.1. The van der Waals surface area contributed by atoms with Crippen molar-refractivity contribution in [3.8, 4) is 5.75 Å². The van der Waals surface area contributed by atoms with Gasteiger partial charge in [0.1, 0.15) is 11.9 Å². The molecule has 4 nitrogen and oxygen atoms in total. The van der Waals surface area contributed by atoms with Crippen LogP contribution < -0.4 is 4.74 Å². The lowest BCUT2D eigenvalue weighted by Crippen LogP contribution is -2.43. The maximum Gasteiger partial charge on any atom is 0.451 e. The Kier molecular flexibility index (Phi) is 4.75. The molecule has 2 atom stereocenters. The summed E-state index contributed by atoms with van der Waals surface area (Å²) in [5.74, 6) is -6.00. The van der Waals surface area contributed by atoms with Crippen molar-refractivity contribution >= 4 is 22.5 Å². The predicted octanol–water partition coefficient (Wildman–Crippen LogP) is 3.88. The summed E-state index contributed by atoms with van der Waals surface area (Å²) in [6.07, 6.45) is -4.18. The zero-order valence-corrected chi connectivity index (χ0v) is 14.0. The highest BCUT2D eigenvalue weighted by atomic mass is 19.4. The molecule has 0 saturated carbocycles. The van der Waals surface area contributed by atoms with Crippen LogP contribution in [-0.2, 0) is 16.0 Å². The molecule has 138 valence electrons. The van der Waals surface area contributed by atoms with Crippen molar-refractivity contribution in [1.29, 1.82) is 0 Å². The second kappa shape index (κ2) is 6.72. The molecular weight excluding hydrogens is 349 g/mol. The fraction of sp³-hybridized carbons (Fsp3) is 0.368. The summed E-state index contributed by atoms with van der Waals surface area (Å²) >= 11 is 0. The number of aliphatic hydroxyl groups is 1.